The summed E-state index contributed by atoms with van der Waals surface area (Å²) in [5.41, 5.74) is 1.16. The van der Waals surface area contributed by atoms with E-state index in [4.69, 9.17) is 13.3 Å². The van der Waals surface area contributed by atoms with Gasteiger partial charge >= 0.3 is 8.80 Å². The number of rotatable bonds is 7. The van der Waals surface area contributed by atoms with Gasteiger partial charge in [0.05, 0.1) is 6.61 Å². The van der Waals surface area contributed by atoms with E-state index in [1.807, 2.05) is 49.4 Å². The van der Waals surface area contributed by atoms with Crippen molar-refractivity contribution in [1.29, 1.82) is 0 Å². The highest BCUT2D eigenvalue weighted by Gasteiger charge is 2.36. The molecule has 0 radical (unpaired) electrons. The van der Waals surface area contributed by atoms with E-state index in [2.05, 4.69) is 0 Å². The van der Waals surface area contributed by atoms with E-state index in [-0.39, 0.29) is 11.0 Å². The van der Waals surface area contributed by atoms with E-state index in [0.717, 1.165) is 11.6 Å². The Morgan fingerprint density at radius 1 is 1.11 bits per heavy atom. The summed E-state index contributed by atoms with van der Waals surface area (Å²) in [4.78, 5) is 0. The zero-order valence-electron chi connectivity index (χ0n) is 10.7. The predicted octanol–water partition coefficient (Wildman–Crippen LogP) is 1.52. The molecule has 0 atom stereocenters. The summed E-state index contributed by atoms with van der Waals surface area (Å²) in [6.07, 6.45) is 4.00. The number of hydrogen-bond acceptors (Lipinski definition) is 3. The highest BCUT2D eigenvalue weighted by molar-refractivity contribution is 6.60. The molecule has 0 spiro atoms. The van der Waals surface area contributed by atoms with Crippen LogP contribution in [0.5, 0.6) is 0 Å². The third-order valence-electron chi connectivity index (χ3n) is 2.56. The van der Waals surface area contributed by atoms with Crippen molar-refractivity contribution >= 4 is 25.8 Å². The predicted molar refractivity (Wildman–Crippen MR) is 83.0 cm³/mol. The first-order valence-electron chi connectivity index (χ1n) is 5.72. The summed E-state index contributed by atoms with van der Waals surface area (Å²) in [6.45, 7) is 2.52. The van der Waals surface area contributed by atoms with Crippen LogP contribution < -0.4 is 0 Å². The van der Waals surface area contributed by atoms with Gasteiger partial charge in [0.25, 0.3) is 0 Å². The van der Waals surface area contributed by atoms with Gasteiger partial charge < -0.3 is 13.3 Å². The van der Waals surface area contributed by atoms with E-state index >= 15 is 0 Å². The van der Waals surface area contributed by atoms with Crippen LogP contribution in [0.2, 0.25) is 6.04 Å². The van der Waals surface area contributed by atoms with Crippen LogP contribution in [0.25, 0.3) is 6.08 Å². The summed E-state index contributed by atoms with van der Waals surface area (Å²) in [6, 6.07) is 10.9. The molecule has 3 nitrogen and oxygen atoms in total. The molecular formula is C13H24O3Si2. The quantitative estimate of drug-likeness (QED) is 0.711. The Kier molecular flexibility index (Phi) is 8.86. The van der Waals surface area contributed by atoms with Crippen LogP contribution in [-0.4, -0.2) is 40.6 Å². The fraction of sp³-hybridized carbons (Fsp3) is 0.385. The second kappa shape index (κ2) is 9.24. The SMILES string of the molecule is CC[Si](OC)(OC)OCC=Cc1ccccc1.[SiH4]. The Bertz CT molecular complexity index is 329. The fourth-order valence-electron chi connectivity index (χ4n) is 1.52. The van der Waals surface area contributed by atoms with E-state index in [1.54, 1.807) is 14.2 Å². The lowest BCUT2D eigenvalue weighted by atomic mass is 10.2. The molecule has 0 saturated heterocycles. The molecular weight excluding hydrogens is 260 g/mol. The average Bonchev–Trinajstić information content (AvgIpc) is 2.41. The van der Waals surface area contributed by atoms with E-state index in [9.17, 15) is 0 Å². The lowest BCUT2D eigenvalue weighted by Gasteiger charge is -2.24. The third kappa shape index (κ3) is 5.28. The van der Waals surface area contributed by atoms with Crippen LogP contribution in [0.1, 0.15) is 12.5 Å². The monoisotopic (exact) mass is 284 g/mol. The van der Waals surface area contributed by atoms with Gasteiger partial charge in [0.2, 0.25) is 0 Å². The van der Waals surface area contributed by atoms with Crippen molar-refractivity contribution in [2.45, 2.75) is 13.0 Å². The standard InChI is InChI=1S/C13H20O3Si.H4Si/c1-4-17(14-2,15-3)16-12-8-11-13-9-6-5-7-10-13;/h5-11H,4,12H2,1-3H3;1H4. The fourth-order valence-corrected chi connectivity index (χ4v) is 3.05. The van der Waals surface area contributed by atoms with E-state index in [1.165, 1.54) is 0 Å². The Morgan fingerprint density at radius 3 is 2.22 bits per heavy atom. The molecule has 0 aliphatic carbocycles. The largest absolute Gasteiger partial charge is 0.500 e. The van der Waals surface area contributed by atoms with Gasteiger partial charge in [0, 0.05) is 20.3 Å². The zero-order valence-corrected chi connectivity index (χ0v) is 11.7. The zero-order chi connectivity index (χ0) is 12.6. The topological polar surface area (TPSA) is 27.7 Å². The Balaban J connectivity index is 0.00000289. The van der Waals surface area contributed by atoms with Crippen LogP contribution in [0.4, 0.5) is 0 Å². The van der Waals surface area contributed by atoms with Crippen LogP contribution in [0.15, 0.2) is 36.4 Å². The van der Waals surface area contributed by atoms with Gasteiger partial charge in [-0.3, -0.25) is 0 Å². The van der Waals surface area contributed by atoms with Gasteiger partial charge in [-0.25, -0.2) is 0 Å². The van der Waals surface area contributed by atoms with Crippen molar-refractivity contribution in [2.24, 2.45) is 0 Å². The minimum atomic E-state index is -2.41. The Labute approximate surface area is 115 Å². The molecule has 0 fully saturated rings. The molecule has 1 aromatic rings. The molecule has 1 aromatic carbocycles. The molecule has 0 heterocycles. The molecule has 0 aliphatic rings. The highest BCUT2D eigenvalue weighted by atomic mass is 28.4. The Hall–Kier alpha value is -0.726. The van der Waals surface area contributed by atoms with Crippen molar-refractivity contribution in [1.82, 2.24) is 0 Å². The summed E-state index contributed by atoms with van der Waals surface area (Å²) in [5, 5.41) is 0. The van der Waals surface area contributed by atoms with E-state index < -0.39 is 8.80 Å². The van der Waals surface area contributed by atoms with Gasteiger partial charge in [-0.2, -0.15) is 0 Å². The molecule has 0 bridgehead atoms. The molecule has 18 heavy (non-hydrogen) atoms. The maximum absolute atomic E-state index is 5.71. The summed E-state index contributed by atoms with van der Waals surface area (Å²) >= 11 is 0. The smallest absolute Gasteiger partial charge is 0.377 e. The van der Waals surface area contributed by atoms with Gasteiger partial charge in [-0.05, 0) is 16.5 Å². The van der Waals surface area contributed by atoms with E-state index in [0.29, 0.717) is 6.61 Å². The second-order valence-electron chi connectivity index (χ2n) is 3.57. The first kappa shape index (κ1) is 17.3. The normalized spacial score (nSPS) is 11.5. The van der Waals surface area contributed by atoms with Crippen LogP contribution in [0, 0.1) is 0 Å². The summed E-state index contributed by atoms with van der Waals surface area (Å²) in [5.74, 6) is 0. The van der Waals surface area contributed by atoms with Crippen molar-refractivity contribution in [3.63, 3.8) is 0 Å². The molecule has 1 rings (SSSR count). The molecule has 0 aliphatic heterocycles. The molecule has 0 saturated carbocycles. The lowest BCUT2D eigenvalue weighted by molar-refractivity contribution is 0.111. The summed E-state index contributed by atoms with van der Waals surface area (Å²) in [7, 11) is 0.871. The molecule has 0 N–H and O–H groups in total. The van der Waals surface area contributed by atoms with Crippen LogP contribution in [0.3, 0.4) is 0 Å². The minimum Gasteiger partial charge on any atom is -0.377 e. The summed E-state index contributed by atoms with van der Waals surface area (Å²) < 4.78 is 16.4. The van der Waals surface area contributed by atoms with Crippen molar-refractivity contribution in [3.8, 4) is 0 Å². The maximum atomic E-state index is 5.71. The number of hydrogen-bond donors (Lipinski definition) is 0. The molecule has 0 amide bonds. The van der Waals surface area contributed by atoms with Gasteiger partial charge in [-0.1, -0.05) is 49.4 Å². The first-order chi connectivity index (χ1) is 8.26. The van der Waals surface area contributed by atoms with Crippen LogP contribution >= 0.6 is 0 Å². The molecule has 102 valence electrons. The van der Waals surface area contributed by atoms with Crippen molar-refractivity contribution in [2.75, 3.05) is 20.8 Å². The van der Waals surface area contributed by atoms with Gasteiger partial charge in [-0.15, -0.1) is 0 Å². The lowest BCUT2D eigenvalue weighted by Crippen LogP contribution is -2.43. The van der Waals surface area contributed by atoms with Crippen molar-refractivity contribution < 1.29 is 13.3 Å². The first-order valence-corrected chi connectivity index (χ1v) is 7.65. The molecule has 5 heteroatoms. The molecule has 0 unspecified atom stereocenters. The van der Waals surface area contributed by atoms with Gasteiger partial charge in [0.1, 0.15) is 0 Å². The van der Waals surface area contributed by atoms with Crippen LogP contribution in [-0.2, 0) is 13.3 Å². The second-order valence-corrected chi connectivity index (χ2v) is 6.75. The average molecular weight is 285 g/mol. The Morgan fingerprint density at radius 2 is 1.72 bits per heavy atom. The minimum absolute atomic E-state index is 0. The third-order valence-corrected chi connectivity index (χ3v) is 5.28. The number of benzene rings is 1. The highest BCUT2D eigenvalue weighted by Crippen LogP contribution is 2.12. The van der Waals surface area contributed by atoms with Crippen molar-refractivity contribution in [3.05, 3.63) is 42.0 Å². The van der Waals surface area contributed by atoms with Gasteiger partial charge in [0.15, 0.2) is 0 Å². The maximum Gasteiger partial charge on any atom is 0.500 e. The molecule has 0 aromatic heterocycles.